The van der Waals surface area contributed by atoms with Gasteiger partial charge in [-0.25, -0.2) is 8.78 Å². The van der Waals surface area contributed by atoms with Crippen molar-refractivity contribution in [2.75, 3.05) is 44.9 Å². The third kappa shape index (κ3) is 4.13. The van der Waals surface area contributed by atoms with Crippen molar-refractivity contribution < 1.29 is 28.2 Å². The number of methoxy groups -OCH3 is 1. The average molecular weight is 546 g/mol. The van der Waals surface area contributed by atoms with Crippen molar-refractivity contribution >= 4 is 28.8 Å². The van der Waals surface area contributed by atoms with E-state index >= 15 is 8.78 Å². The van der Waals surface area contributed by atoms with Crippen LogP contribution in [-0.2, 0) is 21.5 Å². The highest BCUT2D eigenvalue weighted by Gasteiger charge is 2.50. The molecule has 38 heavy (non-hydrogen) atoms. The summed E-state index contributed by atoms with van der Waals surface area (Å²) in [5, 5.41) is 12.4. The van der Waals surface area contributed by atoms with E-state index in [0.29, 0.717) is 43.1 Å². The van der Waals surface area contributed by atoms with Crippen molar-refractivity contribution in [2.24, 2.45) is 17.6 Å². The van der Waals surface area contributed by atoms with Crippen molar-refractivity contribution in [1.82, 2.24) is 5.32 Å². The average Bonchev–Trinajstić information content (AvgIpc) is 3.24. The maximum atomic E-state index is 16.1. The van der Waals surface area contributed by atoms with Gasteiger partial charge in [0, 0.05) is 42.9 Å². The monoisotopic (exact) mass is 545 g/mol. The smallest absolute Gasteiger partial charge is 0.225 e. The molecule has 3 atom stereocenters. The number of benzene rings is 2. The van der Waals surface area contributed by atoms with Crippen LogP contribution in [-0.4, -0.2) is 51.0 Å². The number of hydrogen-bond donors (Lipinski definition) is 3. The highest BCUT2D eigenvalue weighted by atomic mass is 35.5. The number of fused-ring (bicyclic) bond motifs is 3. The lowest BCUT2D eigenvalue weighted by atomic mass is 9.76. The van der Waals surface area contributed by atoms with Gasteiger partial charge in [0.05, 0.1) is 30.2 Å². The van der Waals surface area contributed by atoms with Crippen molar-refractivity contribution in [3.05, 3.63) is 75.5 Å². The third-order valence-electron chi connectivity index (χ3n) is 7.75. The molecule has 2 aromatic rings. The molecule has 1 amide bonds. The quantitative estimate of drug-likeness (QED) is 0.491. The van der Waals surface area contributed by atoms with E-state index in [1.54, 1.807) is 14.0 Å². The largest absolute Gasteiger partial charge is 0.497 e. The summed E-state index contributed by atoms with van der Waals surface area (Å²) in [6.07, 6.45) is 1.84. The molecule has 2 heterocycles. The van der Waals surface area contributed by atoms with Gasteiger partial charge in [0.2, 0.25) is 5.91 Å². The summed E-state index contributed by atoms with van der Waals surface area (Å²) in [5.41, 5.74) is 7.37. The number of ether oxygens (including phenoxy) is 2. The number of nitrogens with one attached hydrogen (secondary N) is 1. The second kappa shape index (κ2) is 10.2. The highest BCUT2D eigenvalue weighted by molar-refractivity contribution is 6.33. The van der Waals surface area contributed by atoms with E-state index in [1.807, 2.05) is 24.3 Å². The van der Waals surface area contributed by atoms with E-state index in [0.717, 1.165) is 5.56 Å². The molecule has 0 aromatic heterocycles. The minimum atomic E-state index is -1.09. The molecule has 202 valence electrons. The van der Waals surface area contributed by atoms with E-state index in [2.05, 4.69) is 10.2 Å². The SMILES string of the molecule is COc1cccc(C23CNCCN2c2cc(F)c(Cl)c(C4=C(F)C(OCCO)=CC(C)C4C(N)=O)c2C3)c1. The molecule has 1 fully saturated rings. The molecule has 3 aliphatic rings. The summed E-state index contributed by atoms with van der Waals surface area (Å²) in [6, 6.07) is 9.08. The van der Waals surface area contributed by atoms with Crippen LogP contribution in [0.5, 0.6) is 5.75 Å². The molecule has 0 bridgehead atoms. The number of aliphatic hydroxyl groups excluding tert-OH is 1. The zero-order valence-electron chi connectivity index (χ0n) is 21.2. The number of allylic oxidation sites excluding steroid dienone is 2. The van der Waals surface area contributed by atoms with Gasteiger partial charge in [0.1, 0.15) is 18.2 Å². The topological polar surface area (TPSA) is 97.1 Å². The lowest BCUT2D eigenvalue weighted by Gasteiger charge is -2.45. The van der Waals surface area contributed by atoms with E-state index in [-0.39, 0.29) is 35.1 Å². The first-order valence-corrected chi connectivity index (χ1v) is 12.9. The number of nitrogens with two attached hydrogens (primary N) is 1. The van der Waals surface area contributed by atoms with Crippen LogP contribution >= 0.6 is 11.6 Å². The van der Waals surface area contributed by atoms with Crippen molar-refractivity contribution in [3.63, 3.8) is 0 Å². The molecule has 0 saturated carbocycles. The number of piperazine rings is 1. The highest BCUT2D eigenvalue weighted by Crippen LogP contribution is 2.53. The van der Waals surface area contributed by atoms with Gasteiger partial charge >= 0.3 is 0 Å². The molecule has 2 aromatic carbocycles. The van der Waals surface area contributed by atoms with Gasteiger partial charge in [-0.2, -0.15) is 0 Å². The van der Waals surface area contributed by atoms with Crippen LogP contribution in [0.4, 0.5) is 14.5 Å². The lowest BCUT2D eigenvalue weighted by Crippen LogP contribution is -2.57. The number of aliphatic hydroxyl groups is 1. The number of primary amides is 1. The number of carbonyl (C=O) groups excluding carboxylic acids is 1. The first kappa shape index (κ1) is 26.5. The Kier molecular flexibility index (Phi) is 7.11. The van der Waals surface area contributed by atoms with E-state index in [1.165, 1.54) is 12.1 Å². The summed E-state index contributed by atoms with van der Waals surface area (Å²) < 4.78 is 42.6. The van der Waals surface area contributed by atoms with E-state index in [9.17, 15) is 9.90 Å². The van der Waals surface area contributed by atoms with Gasteiger partial charge < -0.3 is 30.5 Å². The molecule has 1 saturated heterocycles. The molecule has 1 aliphatic carbocycles. The predicted molar refractivity (Wildman–Crippen MR) is 141 cm³/mol. The Labute approximate surface area is 224 Å². The van der Waals surface area contributed by atoms with Crippen molar-refractivity contribution in [2.45, 2.75) is 18.9 Å². The summed E-state index contributed by atoms with van der Waals surface area (Å²) in [5.74, 6) is -3.41. The van der Waals surface area contributed by atoms with Crippen LogP contribution in [0.1, 0.15) is 23.6 Å². The Hall–Kier alpha value is -3.14. The van der Waals surface area contributed by atoms with Gasteiger partial charge in [-0.15, -0.1) is 0 Å². The third-order valence-corrected chi connectivity index (χ3v) is 8.12. The maximum Gasteiger partial charge on any atom is 0.225 e. The van der Waals surface area contributed by atoms with Crippen LogP contribution in [0.2, 0.25) is 5.02 Å². The predicted octanol–water partition coefficient (Wildman–Crippen LogP) is 3.67. The Morgan fingerprint density at radius 2 is 2.13 bits per heavy atom. The fourth-order valence-electron chi connectivity index (χ4n) is 6.09. The number of rotatable bonds is 7. The normalized spacial score (nSPS) is 24.6. The summed E-state index contributed by atoms with van der Waals surface area (Å²) >= 11 is 6.60. The number of halogens is 3. The number of anilines is 1. The minimum absolute atomic E-state index is 0.0882. The van der Waals surface area contributed by atoms with Crippen LogP contribution in [0.3, 0.4) is 0 Å². The fourth-order valence-corrected chi connectivity index (χ4v) is 6.36. The molecule has 4 N–H and O–H groups in total. The molecular weight excluding hydrogens is 516 g/mol. The number of carbonyl (C=O) groups is 1. The molecule has 10 heteroatoms. The Balaban J connectivity index is 1.75. The second-order valence-electron chi connectivity index (χ2n) is 9.88. The zero-order chi connectivity index (χ0) is 27.2. The van der Waals surface area contributed by atoms with Gasteiger partial charge in [0.15, 0.2) is 11.6 Å². The number of amides is 1. The minimum Gasteiger partial charge on any atom is -0.497 e. The Morgan fingerprint density at radius 1 is 1.34 bits per heavy atom. The molecule has 5 rings (SSSR count). The zero-order valence-corrected chi connectivity index (χ0v) is 21.9. The molecule has 3 unspecified atom stereocenters. The lowest BCUT2D eigenvalue weighted by molar-refractivity contribution is -0.121. The van der Waals surface area contributed by atoms with Gasteiger partial charge in [-0.1, -0.05) is 30.7 Å². The van der Waals surface area contributed by atoms with Crippen LogP contribution in [0.15, 0.2) is 48.0 Å². The number of nitrogens with zero attached hydrogens (tertiary/aromatic N) is 1. The summed E-state index contributed by atoms with van der Waals surface area (Å²) in [6.45, 7) is 3.04. The first-order chi connectivity index (χ1) is 18.2. The maximum absolute atomic E-state index is 16.1. The van der Waals surface area contributed by atoms with E-state index in [4.69, 9.17) is 26.8 Å². The summed E-state index contributed by atoms with van der Waals surface area (Å²) in [4.78, 5) is 14.8. The molecular formula is C28H30ClF2N3O4. The molecule has 0 spiro atoms. The van der Waals surface area contributed by atoms with Crippen LogP contribution in [0, 0.1) is 17.7 Å². The van der Waals surface area contributed by atoms with Crippen LogP contribution in [0.25, 0.3) is 5.57 Å². The van der Waals surface area contributed by atoms with Gasteiger partial charge in [0.25, 0.3) is 0 Å². The Bertz CT molecular complexity index is 1350. The van der Waals surface area contributed by atoms with Gasteiger partial charge in [-0.3, -0.25) is 4.79 Å². The van der Waals surface area contributed by atoms with Crippen molar-refractivity contribution in [1.29, 1.82) is 0 Å². The Morgan fingerprint density at radius 3 is 2.84 bits per heavy atom. The molecule has 0 radical (unpaired) electrons. The summed E-state index contributed by atoms with van der Waals surface area (Å²) in [7, 11) is 1.59. The number of hydrogen-bond acceptors (Lipinski definition) is 6. The van der Waals surface area contributed by atoms with Crippen molar-refractivity contribution in [3.8, 4) is 5.75 Å². The standard InChI is InChI=1S/C28H30ClF2N3O4/c1-15-10-21(38-9-8-35)26(31)24(22(15)27(32)36)23-18-13-28(16-4-3-5-17(11-16)37-2)14-33-6-7-34(28)20(18)12-19(30)25(23)29/h3-5,10-12,15,22,33,35H,6-9,13-14H2,1-2H3,(H2,32,36). The molecule has 2 aliphatic heterocycles. The van der Waals surface area contributed by atoms with E-state index < -0.39 is 34.9 Å². The first-order valence-electron chi connectivity index (χ1n) is 12.5. The molecule has 7 nitrogen and oxygen atoms in total. The second-order valence-corrected chi connectivity index (χ2v) is 10.3. The fraction of sp³-hybridized carbons (Fsp3) is 0.393. The van der Waals surface area contributed by atoms with Crippen LogP contribution < -0.4 is 20.7 Å². The van der Waals surface area contributed by atoms with Gasteiger partial charge in [-0.05, 0) is 41.3 Å².